The van der Waals surface area contributed by atoms with Crippen molar-refractivity contribution in [1.82, 2.24) is 4.90 Å². The van der Waals surface area contributed by atoms with Gasteiger partial charge in [0.2, 0.25) is 5.78 Å². The summed E-state index contributed by atoms with van der Waals surface area (Å²) >= 11 is 7.49. The van der Waals surface area contributed by atoms with E-state index in [-0.39, 0.29) is 22.1 Å². The van der Waals surface area contributed by atoms with E-state index in [0.717, 1.165) is 58.6 Å². The Hall–Kier alpha value is -2.93. The van der Waals surface area contributed by atoms with Gasteiger partial charge in [-0.3, -0.25) is 9.69 Å². The number of thiophene rings is 1. The lowest BCUT2D eigenvalue weighted by atomic mass is 9.98. The van der Waals surface area contributed by atoms with E-state index >= 15 is 0 Å². The molecule has 5 rings (SSSR count). The van der Waals surface area contributed by atoms with E-state index in [4.69, 9.17) is 16.3 Å². The predicted molar refractivity (Wildman–Crippen MR) is 139 cm³/mol. The molecule has 1 aliphatic heterocycles. The first-order chi connectivity index (χ1) is 16.9. The van der Waals surface area contributed by atoms with Crippen molar-refractivity contribution < 1.29 is 19.0 Å². The Bertz CT molecular complexity index is 1390. The highest BCUT2D eigenvalue weighted by Crippen LogP contribution is 2.42. The molecule has 0 bridgehead atoms. The summed E-state index contributed by atoms with van der Waals surface area (Å²) in [7, 11) is 0. The molecule has 1 saturated heterocycles. The molecule has 35 heavy (non-hydrogen) atoms. The van der Waals surface area contributed by atoms with Gasteiger partial charge in [0.05, 0.1) is 9.90 Å². The first kappa shape index (κ1) is 23.8. The molecule has 1 atom stereocenters. The van der Waals surface area contributed by atoms with Gasteiger partial charge in [-0.15, -0.1) is 11.3 Å². The van der Waals surface area contributed by atoms with Crippen LogP contribution in [0.2, 0.25) is 5.02 Å². The van der Waals surface area contributed by atoms with E-state index < -0.39 is 5.82 Å². The van der Waals surface area contributed by atoms with Gasteiger partial charge in [-0.1, -0.05) is 30.7 Å². The average molecular weight is 510 g/mol. The number of fused-ring (bicyclic) bond motifs is 1. The maximum atomic E-state index is 13.6. The number of ketones is 1. The van der Waals surface area contributed by atoms with Crippen molar-refractivity contribution in [2.45, 2.75) is 13.3 Å². The Labute approximate surface area is 212 Å². The van der Waals surface area contributed by atoms with E-state index in [1.54, 1.807) is 18.2 Å². The zero-order chi connectivity index (χ0) is 24.5. The van der Waals surface area contributed by atoms with E-state index in [1.165, 1.54) is 29.9 Å². The number of aromatic hydroxyl groups is 1. The summed E-state index contributed by atoms with van der Waals surface area (Å²) < 4.78 is 20.3. The Morgan fingerprint density at radius 3 is 2.69 bits per heavy atom. The van der Waals surface area contributed by atoms with Gasteiger partial charge in [-0.25, -0.2) is 4.39 Å². The number of phenolic OH excluding ortho intramolecular Hbond substituents is 1. The SMILES string of the molecule is C[C@@H]1CCN(CCOc2ccc(-c3c(C(=O)c4ccc(F)cc4Cl)sc4cc(O)ccc34)cc2)C1. The van der Waals surface area contributed by atoms with Crippen molar-refractivity contribution in [3.8, 4) is 22.6 Å². The molecule has 0 unspecified atom stereocenters. The maximum absolute atomic E-state index is 13.6. The van der Waals surface area contributed by atoms with Crippen molar-refractivity contribution in [2.24, 2.45) is 5.92 Å². The molecule has 1 aromatic heterocycles. The fraction of sp³-hybridized carbons (Fsp3) is 0.250. The second-order valence-electron chi connectivity index (χ2n) is 9.01. The summed E-state index contributed by atoms with van der Waals surface area (Å²) in [6, 6.07) is 16.5. The van der Waals surface area contributed by atoms with Crippen LogP contribution in [0.5, 0.6) is 11.5 Å². The Morgan fingerprint density at radius 2 is 1.97 bits per heavy atom. The third-order valence-electron chi connectivity index (χ3n) is 6.38. The van der Waals surface area contributed by atoms with Crippen LogP contribution in [-0.4, -0.2) is 42.0 Å². The molecule has 180 valence electrons. The van der Waals surface area contributed by atoms with Crippen molar-refractivity contribution in [3.63, 3.8) is 0 Å². The van der Waals surface area contributed by atoms with Crippen LogP contribution in [0.25, 0.3) is 21.2 Å². The summed E-state index contributed by atoms with van der Waals surface area (Å²) in [6.45, 7) is 6.05. The molecule has 0 amide bonds. The summed E-state index contributed by atoms with van der Waals surface area (Å²) in [4.78, 5) is 16.4. The first-order valence-electron chi connectivity index (χ1n) is 11.6. The van der Waals surface area contributed by atoms with Crippen LogP contribution in [0.4, 0.5) is 4.39 Å². The molecule has 0 aliphatic carbocycles. The number of carbonyl (C=O) groups excluding carboxylic acids is 1. The highest BCUT2D eigenvalue weighted by Gasteiger charge is 2.23. The fourth-order valence-corrected chi connectivity index (χ4v) is 6.03. The molecule has 4 nitrogen and oxygen atoms in total. The second kappa shape index (κ2) is 9.97. The minimum absolute atomic E-state index is 0.0670. The maximum Gasteiger partial charge on any atom is 0.205 e. The number of rotatable bonds is 7. The fourth-order valence-electron chi connectivity index (χ4n) is 4.57. The number of benzene rings is 3. The molecular weight excluding hydrogens is 485 g/mol. The number of carbonyl (C=O) groups is 1. The van der Waals surface area contributed by atoms with Crippen LogP contribution >= 0.6 is 22.9 Å². The molecule has 0 spiro atoms. The first-order valence-corrected chi connectivity index (χ1v) is 12.8. The molecule has 7 heteroatoms. The molecule has 4 aromatic rings. The zero-order valence-corrected chi connectivity index (χ0v) is 20.8. The number of hydrogen-bond acceptors (Lipinski definition) is 5. The van der Waals surface area contributed by atoms with Crippen molar-refractivity contribution in [2.75, 3.05) is 26.2 Å². The lowest BCUT2D eigenvalue weighted by Gasteiger charge is -2.15. The van der Waals surface area contributed by atoms with Crippen LogP contribution in [-0.2, 0) is 0 Å². The Balaban J connectivity index is 1.44. The molecule has 1 aliphatic rings. The van der Waals surface area contributed by atoms with Gasteiger partial charge in [0.15, 0.2) is 0 Å². The second-order valence-corrected chi connectivity index (χ2v) is 10.5. The highest BCUT2D eigenvalue weighted by molar-refractivity contribution is 7.21. The lowest BCUT2D eigenvalue weighted by molar-refractivity contribution is 0.104. The van der Waals surface area contributed by atoms with Crippen LogP contribution in [0.1, 0.15) is 28.6 Å². The predicted octanol–water partition coefficient (Wildman–Crippen LogP) is 7.02. The van der Waals surface area contributed by atoms with Gasteiger partial charge in [0, 0.05) is 34.3 Å². The van der Waals surface area contributed by atoms with Crippen molar-refractivity contribution in [1.29, 1.82) is 0 Å². The molecular formula is C28H25ClFNO3S. The van der Waals surface area contributed by atoms with E-state index in [2.05, 4.69) is 11.8 Å². The Kier molecular flexibility index (Phi) is 6.78. The molecule has 1 N–H and O–H groups in total. The highest BCUT2D eigenvalue weighted by atomic mass is 35.5. The van der Waals surface area contributed by atoms with Crippen LogP contribution in [0.15, 0.2) is 60.7 Å². The number of ether oxygens (including phenoxy) is 1. The van der Waals surface area contributed by atoms with Crippen LogP contribution < -0.4 is 4.74 Å². The third-order valence-corrected chi connectivity index (χ3v) is 7.85. The molecule has 2 heterocycles. The van der Waals surface area contributed by atoms with Crippen LogP contribution in [0, 0.1) is 11.7 Å². The van der Waals surface area contributed by atoms with E-state index in [0.29, 0.717) is 11.5 Å². The number of halogens is 2. The summed E-state index contributed by atoms with van der Waals surface area (Å²) in [5.41, 5.74) is 1.85. The van der Waals surface area contributed by atoms with E-state index in [9.17, 15) is 14.3 Å². The van der Waals surface area contributed by atoms with Gasteiger partial charge in [0.1, 0.15) is 23.9 Å². The molecule has 1 fully saturated rings. The van der Waals surface area contributed by atoms with Gasteiger partial charge < -0.3 is 9.84 Å². The van der Waals surface area contributed by atoms with Gasteiger partial charge in [-0.2, -0.15) is 0 Å². The number of hydrogen-bond donors (Lipinski definition) is 1. The minimum Gasteiger partial charge on any atom is -0.508 e. The number of likely N-dealkylation sites (tertiary alicyclic amines) is 1. The normalized spacial score (nSPS) is 16.1. The number of nitrogens with zero attached hydrogens (tertiary/aromatic N) is 1. The smallest absolute Gasteiger partial charge is 0.205 e. The molecule has 0 radical (unpaired) electrons. The summed E-state index contributed by atoms with van der Waals surface area (Å²) in [6.07, 6.45) is 1.24. The van der Waals surface area contributed by atoms with Crippen molar-refractivity contribution in [3.05, 3.63) is 81.9 Å². The molecule has 0 saturated carbocycles. The topological polar surface area (TPSA) is 49.8 Å². The monoisotopic (exact) mass is 509 g/mol. The third kappa shape index (κ3) is 5.06. The number of phenols is 1. The van der Waals surface area contributed by atoms with Crippen LogP contribution in [0.3, 0.4) is 0 Å². The van der Waals surface area contributed by atoms with Gasteiger partial charge in [-0.05, 0) is 73.0 Å². The largest absolute Gasteiger partial charge is 0.508 e. The summed E-state index contributed by atoms with van der Waals surface area (Å²) in [5, 5.41) is 10.9. The summed E-state index contributed by atoms with van der Waals surface area (Å²) in [5.74, 6) is 0.861. The zero-order valence-electron chi connectivity index (χ0n) is 19.3. The van der Waals surface area contributed by atoms with E-state index in [1.807, 2.05) is 24.3 Å². The van der Waals surface area contributed by atoms with Crippen molar-refractivity contribution >= 4 is 38.8 Å². The average Bonchev–Trinajstić information content (AvgIpc) is 3.42. The Morgan fingerprint density at radius 1 is 1.17 bits per heavy atom. The molecule has 3 aromatic carbocycles. The quantitative estimate of drug-likeness (QED) is 0.272. The lowest BCUT2D eigenvalue weighted by Crippen LogP contribution is -2.25. The standard InChI is InChI=1S/C28H25ClFNO3S/c1-17-10-11-31(16-17)12-13-34-21-6-2-18(3-7-21)26-23-9-5-20(32)15-25(23)35-28(26)27(33)22-8-4-19(30)14-24(22)29/h2-9,14-15,17,32H,10-13,16H2,1H3/t17-/m1/s1. The van der Waals surface area contributed by atoms with Gasteiger partial charge >= 0.3 is 0 Å². The van der Waals surface area contributed by atoms with Gasteiger partial charge in [0.25, 0.3) is 0 Å². The minimum atomic E-state index is -0.497.